The molecule has 1 fully saturated rings. The molecule has 4 aromatic rings. The zero-order chi connectivity index (χ0) is 24.2. The number of benzene rings is 2. The van der Waals surface area contributed by atoms with Crippen molar-refractivity contribution in [3.8, 4) is 23.2 Å². The third-order valence-corrected chi connectivity index (χ3v) is 7.17. The van der Waals surface area contributed by atoms with Crippen LogP contribution in [0.4, 0.5) is 15.9 Å². The lowest BCUT2D eigenvalue weighted by atomic mass is 10.1. The highest BCUT2D eigenvalue weighted by Crippen LogP contribution is 2.29. The molecule has 0 aliphatic carbocycles. The van der Waals surface area contributed by atoms with Crippen molar-refractivity contribution in [3.05, 3.63) is 77.3 Å². The van der Waals surface area contributed by atoms with E-state index >= 15 is 0 Å². The Bertz CT molecular complexity index is 1460. The van der Waals surface area contributed by atoms with Gasteiger partial charge in [-0.05, 0) is 48.5 Å². The van der Waals surface area contributed by atoms with Crippen molar-refractivity contribution < 1.29 is 8.60 Å². The molecule has 1 aliphatic rings. The van der Waals surface area contributed by atoms with Gasteiger partial charge in [-0.1, -0.05) is 23.4 Å². The van der Waals surface area contributed by atoms with E-state index in [9.17, 15) is 8.60 Å². The van der Waals surface area contributed by atoms with Crippen molar-refractivity contribution in [1.29, 1.82) is 0 Å². The van der Waals surface area contributed by atoms with E-state index in [1.54, 1.807) is 18.5 Å². The predicted molar refractivity (Wildman–Crippen MR) is 139 cm³/mol. The highest BCUT2D eigenvalue weighted by molar-refractivity contribution is 7.85. The van der Waals surface area contributed by atoms with Crippen molar-refractivity contribution in [3.63, 3.8) is 0 Å². The largest absolute Gasteiger partial charge is 0.340 e. The van der Waals surface area contributed by atoms with E-state index in [1.807, 2.05) is 30.3 Å². The monoisotopic (exact) mass is 505 g/mol. The van der Waals surface area contributed by atoms with Crippen LogP contribution in [-0.2, 0) is 10.8 Å². The van der Waals surface area contributed by atoms with Gasteiger partial charge in [0.1, 0.15) is 11.6 Å². The van der Waals surface area contributed by atoms with Crippen LogP contribution in [0.3, 0.4) is 0 Å². The fourth-order valence-electron chi connectivity index (χ4n) is 3.72. The smallest absolute Gasteiger partial charge is 0.163 e. The molecule has 2 aromatic carbocycles. The quantitative estimate of drug-likeness (QED) is 0.407. The lowest BCUT2D eigenvalue weighted by molar-refractivity contribution is 0.337. The average Bonchev–Trinajstić information content (AvgIpc) is 2.88. The Morgan fingerprint density at radius 2 is 1.97 bits per heavy atom. The Morgan fingerprint density at radius 3 is 2.74 bits per heavy atom. The second-order valence-corrected chi connectivity index (χ2v) is 10.2. The molecule has 0 atom stereocenters. The van der Waals surface area contributed by atoms with Gasteiger partial charge in [0.25, 0.3) is 0 Å². The molecule has 6 nitrogen and oxygen atoms in total. The first-order valence-corrected chi connectivity index (χ1v) is 12.9. The van der Waals surface area contributed by atoms with E-state index in [-0.39, 0.29) is 5.02 Å². The number of halogens is 2. The minimum absolute atomic E-state index is 0.0222. The number of hydrogen-bond acceptors (Lipinski definition) is 6. The summed E-state index contributed by atoms with van der Waals surface area (Å²) >= 11 is 5.98. The fourth-order valence-corrected chi connectivity index (χ4v) is 5.03. The Hall–Kier alpha value is -3.38. The van der Waals surface area contributed by atoms with Gasteiger partial charge in [0, 0.05) is 70.0 Å². The summed E-state index contributed by atoms with van der Waals surface area (Å²) in [5.41, 5.74) is 2.95. The summed E-state index contributed by atoms with van der Waals surface area (Å²) in [4.78, 5) is 15.8. The molecule has 1 N–H and O–H groups in total. The second-order valence-electron chi connectivity index (χ2n) is 8.05. The van der Waals surface area contributed by atoms with E-state index < -0.39 is 16.6 Å². The minimum atomic E-state index is -0.700. The molecule has 1 aliphatic heterocycles. The highest BCUT2D eigenvalue weighted by atomic mass is 35.5. The molecule has 3 heterocycles. The third-order valence-electron chi connectivity index (χ3n) is 5.60. The predicted octanol–water partition coefficient (Wildman–Crippen LogP) is 4.64. The molecule has 5 rings (SSSR count). The fraction of sp³-hybridized carbons (Fsp3) is 0.192. The molecule has 0 unspecified atom stereocenters. The number of rotatable bonds is 4. The SMILES string of the molecule is O=S1CCN(CC#Cc2ccc3nc(-c4cccnc4)nc(Nc4ccc(F)c(Cl)c4)c3c2)CC1. The molecule has 176 valence electrons. The van der Waals surface area contributed by atoms with E-state index in [2.05, 4.69) is 27.0 Å². The number of nitrogens with one attached hydrogen (secondary N) is 1. The van der Waals surface area contributed by atoms with Gasteiger partial charge >= 0.3 is 0 Å². The minimum Gasteiger partial charge on any atom is -0.340 e. The molecule has 35 heavy (non-hydrogen) atoms. The molecule has 0 spiro atoms. The van der Waals surface area contributed by atoms with Crippen LogP contribution in [0.2, 0.25) is 5.02 Å². The summed E-state index contributed by atoms with van der Waals surface area (Å²) in [7, 11) is -0.700. The maximum absolute atomic E-state index is 13.7. The number of hydrogen-bond donors (Lipinski definition) is 1. The van der Waals surface area contributed by atoms with E-state index in [0.717, 1.165) is 35.1 Å². The second kappa shape index (κ2) is 10.5. The Kier molecular flexibility index (Phi) is 7.00. The van der Waals surface area contributed by atoms with Crippen molar-refractivity contribution in [2.75, 3.05) is 36.5 Å². The first kappa shape index (κ1) is 23.4. The Balaban J connectivity index is 1.50. The molecule has 0 bridgehead atoms. The maximum Gasteiger partial charge on any atom is 0.163 e. The molecule has 0 radical (unpaired) electrons. The molecule has 2 aromatic heterocycles. The maximum atomic E-state index is 13.7. The molecular weight excluding hydrogens is 485 g/mol. The van der Waals surface area contributed by atoms with Crippen molar-refractivity contribution >= 4 is 44.8 Å². The first-order valence-electron chi connectivity index (χ1n) is 11.1. The van der Waals surface area contributed by atoms with Gasteiger partial charge < -0.3 is 5.32 Å². The van der Waals surface area contributed by atoms with Gasteiger partial charge in [-0.25, -0.2) is 14.4 Å². The summed E-state index contributed by atoms with van der Waals surface area (Å²) in [6.07, 6.45) is 3.40. The van der Waals surface area contributed by atoms with Gasteiger partial charge in [0.15, 0.2) is 5.82 Å². The number of anilines is 2. The van der Waals surface area contributed by atoms with Gasteiger partial charge in [-0.2, -0.15) is 0 Å². The number of pyridine rings is 1. The molecular formula is C26H21ClFN5OS. The lowest BCUT2D eigenvalue weighted by Gasteiger charge is -2.23. The summed E-state index contributed by atoms with van der Waals surface area (Å²) < 4.78 is 25.2. The summed E-state index contributed by atoms with van der Waals surface area (Å²) in [6, 6.07) is 13.9. The summed E-state index contributed by atoms with van der Waals surface area (Å²) in [5.74, 6) is 8.43. The average molecular weight is 506 g/mol. The van der Waals surface area contributed by atoms with Crippen LogP contribution in [0.5, 0.6) is 0 Å². The van der Waals surface area contributed by atoms with E-state index in [0.29, 0.717) is 35.4 Å². The van der Waals surface area contributed by atoms with Crippen LogP contribution < -0.4 is 5.32 Å². The summed E-state index contributed by atoms with van der Waals surface area (Å²) in [5, 5.41) is 4.05. The number of fused-ring (bicyclic) bond motifs is 1. The van der Waals surface area contributed by atoms with Gasteiger partial charge in [0.05, 0.1) is 17.1 Å². The van der Waals surface area contributed by atoms with Crippen molar-refractivity contribution in [1.82, 2.24) is 19.9 Å². The van der Waals surface area contributed by atoms with Crippen LogP contribution in [0.1, 0.15) is 5.56 Å². The standard InChI is InChI=1S/C26H21ClFN5OS/c27-22-16-20(6-7-23(22)28)30-26-21-15-18(3-2-10-33-11-13-35(34)14-12-33)5-8-24(21)31-25(32-26)19-4-1-9-29-17-19/h1,4-9,15-17H,10-14H2,(H,30,31,32). The zero-order valence-corrected chi connectivity index (χ0v) is 20.2. The topological polar surface area (TPSA) is 71.0 Å². The Labute approximate surface area is 210 Å². The zero-order valence-electron chi connectivity index (χ0n) is 18.7. The molecule has 0 saturated carbocycles. The highest BCUT2D eigenvalue weighted by Gasteiger charge is 2.14. The van der Waals surface area contributed by atoms with E-state index in [4.69, 9.17) is 21.6 Å². The van der Waals surface area contributed by atoms with Crippen LogP contribution in [-0.4, -0.2) is 55.2 Å². The third kappa shape index (κ3) is 5.65. The normalized spacial score (nSPS) is 14.5. The molecule has 9 heteroatoms. The van der Waals surface area contributed by atoms with Crippen LogP contribution in [0.25, 0.3) is 22.3 Å². The molecule has 1 saturated heterocycles. The first-order chi connectivity index (χ1) is 17.0. The number of nitrogens with zero attached hydrogens (tertiary/aromatic N) is 4. The summed E-state index contributed by atoms with van der Waals surface area (Å²) in [6.45, 7) is 2.24. The van der Waals surface area contributed by atoms with Crippen molar-refractivity contribution in [2.45, 2.75) is 0 Å². The van der Waals surface area contributed by atoms with Crippen molar-refractivity contribution in [2.24, 2.45) is 0 Å². The van der Waals surface area contributed by atoms with Crippen LogP contribution >= 0.6 is 11.6 Å². The van der Waals surface area contributed by atoms with E-state index in [1.165, 1.54) is 12.1 Å². The van der Waals surface area contributed by atoms with Gasteiger partial charge in [0.2, 0.25) is 0 Å². The lowest BCUT2D eigenvalue weighted by Crippen LogP contribution is -2.37. The number of aromatic nitrogens is 3. The van der Waals surface area contributed by atoms with Crippen LogP contribution in [0.15, 0.2) is 60.9 Å². The van der Waals surface area contributed by atoms with Crippen LogP contribution in [0, 0.1) is 17.7 Å². The van der Waals surface area contributed by atoms with Gasteiger partial charge in [-0.15, -0.1) is 0 Å². The van der Waals surface area contributed by atoms with Gasteiger partial charge in [-0.3, -0.25) is 14.1 Å². The molecule has 0 amide bonds. The Morgan fingerprint density at radius 1 is 1.11 bits per heavy atom.